The molecule has 15 heavy (non-hydrogen) atoms. The van der Waals surface area contributed by atoms with E-state index in [9.17, 15) is 0 Å². The van der Waals surface area contributed by atoms with Gasteiger partial charge in [-0.3, -0.25) is 0 Å². The number of rotatable bonds is 5. The molecule has 0 fully saturated rings. The largest absolute Gasteiger partial charge is 0.308 e. The van der Waals surface area contributed by atoms with Crippen LogP contribution < -0.4 is 5.32 Å². The Morgan fingerprint density at radius 2 is 2.33 bits per heavy atom. The van der Waals surface area contributed by atoms with Crippen molar-refractivity contribution in [3.8, 4) is 6.07 Å². The van der Waals surface area contributed by atoms with E-state index in [1.54, 1.807) is 11.3 Å². The van der Waals surface area contributed by atoms with Crippen LogP contribution in [0.5, 0.6) is 0 Å². The lowest BCUT2D eigenvalue weighted by Crippen LogP contribution is -2.26. The molecule has 0 amide bonds. The fraction of sp³-hybridized carbons (Fsp3) is 0.500. The third-order valence-corrected chi connectivity index (χ3v) is 5.35. The SMILES string of the molecule is CCC(CC#N)NCc1cc(Br)c(Br)s1. The molecular weight excluding hydrogens is 340 g/mol. The van der Waals surface area contributed by atoms with Gasteiger partial charge in [0.25, 0.3) is 0 Å². The van der Waals surface area contributed by atoms with Crippen LogP contribution in [0.4, 0.5) is 0 Å². The highest BCUT2D eigenvalue weighted by Gasteiger charge is 2.07. The molecule has 1 aromatic heterocycles. The van der Waals surface area contributed by atoms with Gasteiger partial charge in [-0.2, -0.15) is 5.26 Å². The molecule has 0 saturated heterocycles. The third-order valence-electron chi connectivity index (χ3n) is 2.09. The Kier molecular flexibility index (Phi) is 5.83. The first-order valence-electron chi connectivity index (χ1n) is 4.71. The van der Waals surface area contributed by atoms with E-state index in [0.717, 1.165) is 21.2 Å². The van der Waals surface area contributed by atoms with Gasteiger partial charge in [0, 0.05) is 21.9 Å². The summed E-state index contributed by atoms with van der Waals surface area (Å²) < 4.78 is 2.21. The van der Waals surface area contributed by atoms with Crippen LogP contribution in [0.2, 0.25) is 0 Å². The highest BCUT2D eigenvalue weighted by Crippen LogP contribution is 2.32. The van der Waals surface area contributed by atoms with Crippen LogP contribution in [0.25, 0.3) is 0 Å². The molecule has 1 unspecified atom stereocenters. The van der Waals surface area contributed by atoms with Crippen LogP contribution in [-0.4, -0.2) is 6.04 Å². The first-order chi connectivity index (χ1) is 7.17. The van der Waals surface area contributed by atoms with Gasteiger partial charge in [0.15, 0.2) is 0 Å². The maximum absolute atomic E-state index is 8.61. The van der Waals surface area contributed by atoms with Gasteiger partial charge in [0.2, 0.25) is 0 Å². The summed E-state index contributed by atoms with van der Waals surface area (Å²) in [6, 6.07) is 4.59. The van der Waals surface area contributed by atoms with E-state index in [2.05, 4.69) is 56.2 Å². The molecular formula is C10H12Br2N2S. The summed E-state index contributed by atoms with van der Waals surface area (Å²) in [6.45, 7) is 2.92. The topological polar surface area (TPSA) is 35.8 Å². The van der Waals surface area contributed by atoms with E-state index in [-0.39, 0.29) is 0 Å². The Hall–Kier alpha value is 0.110. The quantitative estimate of drug-likeness (QED) is 0.868. The van der Waals surface area contributed by atoms with Crippen LogP contribution >= 0.6 is 43.2 Å². The Morgan fingerprint density at radius 1 is 1.60 bits per heavy atom. The third kappa shape index (κ3) is 4.23. The predicted octanol–water partition coefficient (Wildman–Crippen LogP) is 4.05. The van der Waals surface area contributed by atoms with Gasteiger partial charge in [0.05, 0.1) is 16.3 Å². The number of thiophene rings is 1. The molecule has 0 saturated carbocycles. The number of nitrogens with zero attached hydrogens (tertiary/aromatic N) is 1. The molecule has 1 heterocycles. The van der Waals surface area contributed by atoms with Crippen LogP contribution in [0, 0.1) is 11.3 Å². The van der Waals surface area contributed by atoms with Gasteiger partial charge in [-0.25, -0.2) is 0 Å². The summed E-state index contributed by atoms with van der Waals surface area (Å²) in [4.78, 5) is 1.27. The lowest BCUT2D eigenvalue weighted by molar-refractivity contribution is 0.507. The monoisotopic (exact) mass is 350 g/mol. The number of hydrogen-bond acceptors (Lipinski definition) is 3. The second-order valence-electron chi connectivity index (χ2n) is 3.18. The lowest BCUT2D eigenvalue weighted by Gasteiger charge is -2.11. The van der Waals surface area contributed by atoms with Crippen LogP contribution in [-0.2, 0) is 6.54 Å². The van der Waals surface area contributed by atoms with Crippen molar-refractivity contribution in [2.24, 2.45) is 0 Å². The van der Waals surface area contributed by atoms with Gasteiger partial charge >= 0.3 is 0 Å². The maximum Gasteiger partial charge on any atom is 0.0843 e. The van der Waals surface area contributed by atoms with Crippen LogP contribution in [0.1, 0.15) is 24.6 Å². The molecule has 0 radical (unpaired) electrons. The Labute approximate surface area is 111 Å². The van der Waals surface area contributed by atoms with Gasteiger partial charge in [0.1, 0.15) is 0 Å². The Bertz CT molecular complexity index is 337. The number of hydrogen-bond donors (Lipinski definition) is 1. The first kappa shape index (κ1) is 13.2. The normalized spacial score (nSPS) is 12.4. The molecule has 5 heteroatoms. The van der Waals surface area contributed by atoms with Crippen molar-refractivity contribution in [1.82, 2.24) is 5.32 Å². The summed E-state index contributed by atoms with van der Waals surface area (Å²) in [6.07, 6.45) is 1.56. The molecule has 82 valence electrons. The molecule has 0 aliphatic rings. The molecule has 0 bridgehead atoms. The zero-order chi connectivity index (χ0) is 11.3. The van der Waals surface area contributed by atoms with E-state index >= 15 is 0 Å². The van der Waals surface area contributed by atoms with E-state index in [1.807, 2.05) is 0 Å². The molecule has 0 aliphatic carbocycles. The van der Waals surface area contributed by atoms with E-state index in [0.29, 0.717) is 12.5 Å². The van der Waals surface area contributed by atoms with E-state index < -0.39 is 0 Å². The predicted molar refractivity (Wildman–Crippen MR) is 70.9 cm³/mol. The highest BCUT2D eigenvalue weighted by atomic mass is 79.9. The van der Waals surface area contributed by atoms with Crippen LogP contribution in [0.15, 0.2) is 14.3 Å². The zero-order valence-electron chi connectivity index (χ0n) is 8.39. The molecule has 1 aromatic rings. The van der Waals surface area contributed by atoms with Crippen molar-refractivity contribution in [1.29, 1.82) is 5.26 Å². The summed E-state index contributed by atoms with van der Waals surface area (Å²) in [5.74, 6) is 0. The second kappa shape index (κ2) is 6.64. The average molecular weight is 352 g/mol. The van der Waals surface area contributed by atoms with Crippen molar-refractivity contribution in [3.05, 3.63) is 19.2 Å². The molecule has 1 N–H and O–H groups in total. The summed E-state index contributed by atoms with van der Waals surface area (Å²) in [7, 11) is 0. The van der Waals surface area contributed by atoms with Crippen molar-refractivity contribution < 1.29 is 0 Å². The lowest BCUT2D eigenvalue weighted by atomic mass is 10.2. The summed E-state index contributed by atoms with van der Waals surface area (Å²) in [5.41, 5.74) is 0. The fourth-order valence-electron chi connectivity index (χ4n) is 1.19. The molecule has 0 aromatic carbocycles. The molecule has 0 aliphatic heterocycles. The van der Waals surface area contributed by atoms with Crippen molar-refractivity contribution in [3.63, 3.8) is 0 Å². The van der Waals surface area contributed by atoms with Gasteiger partial charge < -0.3 is 5.32 Å². The van der Waals surface area contributed by atoms with Crippen molar-refractivity contribution >= 4 is 43.2 Å². The standard InChI is InChI=1S/C10H12Br2N2S/c1-2-7(3-4-13)14-6-8-5-9(11)10(12)15-8/h5,7,14H,2-3,6H2,1H3. The van der Waals surface area contributed by atoms with Crippen molar-refractivity contribution in [2.75, 3.05) is 0 Å². The fourth-order valence-corrected chi connectivity index (χ4v) is 3.32. The van der Waals surface area contributed by atoms with Gasteiger partial charge in [-0.05, 0) is 44.3 Å². The first-order valence-corrected chi connectivity index (χ1v) is 7.11. The smallest absolute Gasteiger partial charge is 0.0843 e. The minimum atomic E-state index is 0.301. The number of halogens is 2. The number of nitrogens with one attached hydrogen (secondary N) is 1. The molecule has 1 atom stereocenters. The average Bonchev–Trinajstić information content (AvgIpc) is 2.53. The molecule has 2 nitrogen and oxygen atoms in total. The maximum atomic E-state index is 8.61. The second-order valence-corrected chi connectivity index (χ2v) is 6.49. The highest BCUT2D eigenvalue weighted by molar-refractivity contribution is 9.13. The Morgan fingerprint density at radius 3 is 2.80 bits per heavy atom. The minimum Gasteiger partial charge on any atom is -0.308 e. The number of nitriles is 1. The van der Waals surface area contributed by atoms with Crippen molar-refractivity contribution in [2.45, 2.75) is 32.4 Å². The summed E-state index contributed by atoms with van der Waals surface area (Å²) >= 11 is 8.63. The zero-order valence-corrected chi connectivity index (χ0v) is 12.4. The van der Waals surface area contributed by atoms with Gasteiger partial charge in [-0.1, -0.05) is 6.92 Å². The molecule has 0 spiro atoms. The Balaban J connectivity index is 2.46. The van der Waals surface area contributed by atoms with Gasteiger partial charge in [-0.15, -0.1) is 11.3 Å². The van der Waals surface area contributed by atoms with E-state index in [4.69, 9.17) is 5.26 Å². The molecule has 1 rings (SSSR count). The van der Waals surface area contributed by atoms with E-state index in [1.165, 1.54) is 4.88 Å². The summed E-state index contributed by atoms with van der Waals surface area (Å²) in [5, 5.41) is 12.0. The minimum absolute atomic E-state index is 0.301. The van der Waals surface area contributed by atoms with Crippen LogP contribution in [0.3, 0.4) is 0 Å².